The van der Waals surface area contributed by atoms with Crippen molar-refractivity contribution in [3.05, 3.63) is 70.8 Å². The van der Waals surface area contributed by atoms with Crippen LogP contribution in [0.4, 0.5) is 5.95 Å². The quantitative estimate of drug-likeness (QED) is 0.818. The first-order valence-corrected chi connectivity index (χ1v) is 7.89. The number of hydrogen-bond acceptors (Lipinski definition) is 5. The van der Waals surface area contributed by atoms with Crippen LogP contribution < -0.4 is 5.56 Å². The van der Waals surface area contributed by atoms with Gasteiger partial charge in [0.15, 0.2) is 0 Å². The average molecular weight is 308 g/mol. The van der Waals surface area contributed by atoms with Gasteiger partial charge >= 0.3 is 0 Å². The first-order valence-electron chi connectivity index (χ1n) is 6.91. The minimum absolute atomic E-state index is 0.0645. The van der Waals surface area contributed by atoms with E-state index in [4.69, 9.17) is 0 Å². The van der Waals surface area contributed by atoms with Gasteiger partial charge in [0.2, 0.25) is 5.95 Å². The summed E-state index contributed by atoms with van der Waals surface area (Å²) in [6.07, 6.45) is 9.48. The van der Waals surface area contributed by atoms with Gasteiger partial charge < -0.3 is 0 Å². The first kappa shape index (κ1) is 13.2. The van der Waals surface area contributed by atoms with E-state index in [1.165, 1.54) is 0 Å². The molecule has 1 aliphatic heterocycles. The van der Waals surface area contributed by atoms with E-state index in [0.717, 1.165) is 16.4 Å². The smallest absolute Gasteiger partial charge is 0.256 e. The maximum Gasteiger partial charge on any atom is 0.256 e. The van der Waals surface area contributed by atoms with Gasteiger partial charge in [0.25, 0.3) is 5.56 Å². The number of aromatic nitrogens is 3. The average Bonchev–Trinajstić information content (AvgIpc) is 2.92. The second-order valence-electron chi connectivity index (χ2n) is 4.94. The molecular formula is C16H12N4OS. The number of fused-ring (bicyclic) bond motifs is 3. The van der Waals surface area contributed by atoms with Crippen molar-refractivity contribution in [3.8, 4) is 0 Å². The summed E-state index contributed by atoms with van der Waals surface area (Å²) >= 11 is 1.55. The van der Waals surface area contributed by atoms with Crippen LogP contribution in [0.5, 0.6) is 0 Å². The van der Waals surface area contributed by atoms with E-state index in [-0.39, 0.29) is 11.6 Å². The lowest BCUT2D eigenvalue weighted by molar-refractivity contribution is 0.732. The maximum absolute atomic E-state index is 12.4. The van der Waals surface area contributed by atoms with Crippen molar-refractivity contribution in [2.45, 2.75) is 16.8 Å². The molecule has 0 radical (unpaired) electrons. The molecule has 0 aromatic carbocycles. The van der Waals surface area contributed by atoms with Crippen molar-refractivity contribution < 1.29 is 0 Å². The molecule has 2 aromatic heterocycles. The van der Waals surface area contributed by atoms with E-state index in [2.05, 4.69) is 15.0 Å². The van der Waals surface area contributed by atoms with Crippen LogP contribution >= 0.6 is 11.8 Å². The highest BCUT2D eigenvalue weighted by molar-refractivity contribution is 7.98. The minimum Gasteiger partial charge on any atom is -0.269 e. The third-order valence-electron chi connectivity index (χ3n) is 3.47. The topological polar surface area (TPSA) is 60.1 Å². The highest BCUT2D eigenvalue weighted by atomic mass is 32.2. The summed E-state index contributed by atoms with van der Waals surface area (Å²) in [5, 5.41) is 0.913. The summed E-state index contributed by atoms with van der Waals surface area (Å²) in [5.41, 5.74) is 1.52. The Balaban J connectivity index is 1.63. The second-order valence-corrected chi connectivity index (χ2v) is 5.93. The molecule has 2 aliphatic rings. The van der Waals surface area contributed by atoms with E-state index < -0.39 is 0 Å². The Labute approximate surface area is 131 Å². The van der Waals surface area contributed by atoms with Crippen molar-refractivity contribution in [2.24, 2.45) is 4.99 Å². The van der Waals surface area contributed by atoms with Crippen LogP contribution in [0.3, 0.4) is 0 Å². The molecule has 0 fully saturated rings. The molecule has 5 nitrogen and oxygen atoms in total. The number of nitrogens with zero attached hydrogens (tertiary/aromatic N) is 4. The zero-order valence-corrected chi connectivity index (χ0v) is 12.4. The van der Waals surface area contributed by atoms with Crippen molar-refractivity contribution in [2.75, 3.05) is 0 Å². The molecule has 1 unspecified atom stereocenters. The second kappa shape index (κ2) is 5.38. The fourth-order valence-electron chi connectivity index (χ4n) is 2.48. The van der Waals surface area contributed by atoms with Crippen molar-refractivity contribution in [1.29, 1.82) is 0 Å². The molecular weight excluding hydrogens is 296 g/mol. The summed E-state index contributed by atoms with van der Waals surface area (Å²) in [6.45, 7) is 0. The fraction of sp³-hybridized carbons (Fsp3) is 0.125. The molecule has 22 heavy (non-hydrogen) atoms. The van der Waals surface area contributed by atoms with Gasteiger partial charge in [-0.1, -0.05) is 24.3 Å². The lowest BCUT2D eigenvalue weighted by Crippen LogP contribution is -2.25. The van der Waals surface area contributed by atoms with Crippen LogP contribution in [0.15, 0.2) is 69.6 Å². The Bertz CT molecular complexity index is 867. The van der Waals surface area contributed by atoms with Crippen LogP contribution in [0.1, 0.15) is 11.7 Å². The van der Waals surface area contributed by atoms with Gasteiger partial charge in [-0.15, -0.1) is 11.8 Å². The van der Waals surface area contributed by atoms with Crippen LogP contribution in [-0.2, 0) is 5.75 Å². The molecule has 1 atom stereocenters. The Hall–Kier alpha value is -2.47. The van der Waals surface area contributed by atoms with E-state index in [1.807, 2.05) is 42.5 Å². The number of rotatable bonds is 3. The van der Waals surface area contributed by atoms with Crippen molar-refractivity contribution in [1.82, 2.24) is 14.5 Å². The van der Waals surface area contributed by atoms with Crippen LogP contribution in [0, 0.1) is 0 Å². The Morgan fingerprint density at radius 2 is 2.23 bits per heavy atom. The molecule has 2 aromatic rings. The number of allylic oxidation sites excluding steroid dienone is 4. The highest BCUT2D eigenvalue weighted by Gasteiger charge is 2.26. The van der Waals surface area contributed by atoms with Gasteiger partial charge in [-0.25, -0.2) is 15.0 Å². The molecule has 0 saturated carbocycles. The molecule has 0 spiro atoms. The Morgan fingerprint density at radius 1 is 1.27 bits per heavy atom. The van der Waals surface area contributed by atoms with Crippen LogP contribution in [0.2, 0.25) is 0 Å². The van der Waals surface area contributed by atoms with Crippen molar-refractivity contribution >= 4 is 23.4 Å². The van der Waals surface area contributed by atoms with Gasteiger partial charge in [0.05, 0.1) is 16.4 Å². The molecule has 4 rings (SSSR count). The largest absolute Gasteiger partial charge is 0.269 e. The van der Waals surface area contributed by atoms with Crippen molar-refractivity contribution in [3.63, 3.8) is 0 Å². The first-order chi connectivity index (χ1) is 10.8. The van der Waals surface area contributed by atoms with E-state index in [1.54, 1.807) is 28.6 Å². The third-order valence-corrected chi connectivity index (χ3v) is 4.45. The summed E-state index contributed by atoms with van der Waals surface area (Å²) in [6, 6.07) is 7.23. The lowest BCUT2D eigenvalue weighted by Gasteiger charge is -2.12. The zero-order valence-electron chi connectivity index (χ0n) is 11.6. The monoisotopic (exact) mass is 308 g/mol. The third kappa shape index (κ3) is 2.31. The predicted octanol–water partition coefficient (Wildman–Crippen LogP) is 2.68. The predicted molar refractivity (Wildman–Crippen MR) is 86.7 cm³/mol. The van der Waals surface area contributed by atoms with Gasteiger partial charge in [0.1, 0.15) is 6.04 Å². The van der Waals surface area contributed by atoms with Gasteiger partial charge in [-0.05, 0) is 18.2 Å². The molecule has 0 bridgehead atoms. The SMILES string of the molecule is O=c1cc(CSc2ccccn2)nc2n1C1C=CC=CC1=N2. The number of thioether (sulfide) groups is 1. The molecule has 108 valence electrons. The highest BCUT2D eigenvalue weighted by Crippen LogP contribution is 2.28. The van der Waals surface area contributed by atoms with Gasteiger partial charge in [0, 0.05) is 18.0 Å². The lowest BCUT2D eigenvalue weighted by atomic mass is 10.1. The van der Waals surface area contributed by atoms with Crippen LogP contribution in [0.25, 0.3) is 0 Å². The molecule has 0 N–H and O–H groups in total. The molecule has 0 saturated heterocycles. The normalized spacial score (nSPS) is 18.0. The van der Waals surface area contributed by atoms with E-state index in [0.29, 0.717) is 11.7 Å². The van der Waals surface area contributed by atoms with Crippen LogP contribution in [-0.4, -0.2) is 20.2 Å². The number of aliphatic imine (C=N–C) groups is 1. The molecule has 0 amide bonds. The summed E-state index contributed by atoms with van der Waals surface area (Å²) < 4.78 is 1.63. The summed E-state index contributed by atoms with van der Waals surface area (Å²) in [5.74, 6) is 1.08. The Morgan fingerprint density at radius 3 is 3.09 bits per heavy atom. The van der Waals surface area contributed by atoms with Gasteiger partial charge in [-0.3, -0.25) is 9.36 Å². The van der Waals surface area contributed by atoms with Gasteiger partial charge in [-0.2, -0.15) is 0 Å². The summed E-state index contributed by atoms with van der Waals surface area (Å²) in [4.78, 5) is 25.6. The molecule has 3 heterocycles. The zero-order chi connectivity index (χ0) is 14.9. The minimum atomic E-state index is -0.113. The van der Waals surface area contributed by atoms with E-state index >= 15 is 0 Å². The van der Waals surface area contributed by atoms with E-state index in [9.17, 15) is 4.79 Å². The number of hydrogen-bond donors (Lipinski definition) is 0. The Kier molecular flexibility index (Phi) is 3.23. The maximum atomic E-state index is 12.4. The molecule has 6 heteroatoms. The fourth-order valence-corrected chi connectivity index (χ4v) is 3.23. The number of pyridine rings is 1. The molecule has 1 aliphatic carbocycles. The summed E-state index contributed by atoms with van der Waals surface area (Å²) in [7, 11) is 0. The standard InChI is InChI=1S/C16H12N4OS/c21-15-9-11(10-22-14-7-3-4-8-17-14)18-16-19-12-5-1-2-6-13(12)20(15)16/h1-9,13H,10H2.